The lowest BCUT2D eigenvalue weighted by molar-refractivity contribution is -0.143. The largest absolute Gasteiger partial charge is 0.395 e. The number of aliphatic hydroxyl groups excluding tert-OH is 1. The second-order valence-electron chi connectivity index (χ2n) is 3.57. The molecular weight excluding hydrogens is 239 g/mol. The van der Waals surface area contributed by atoms with Crippen LogP contribution in [0.2, 0.25) is 0 Å². The zero-order valence-electron chi connectivity index (χ0n) is 10.0. The molecule has 18 heavy (non-hydrogen) atoms. The topological polar surface area (TPSA) is 69.6 Å². The number of amides is 2. The summed E-state index contributed by atoms with van der Waals surface area (Å²) in [6, 6.07) is 5.27. The van der Waals surface area contributed by atoms with Crippen LogP contribution in [0, 0.1) is 5.82 Å². The van der Waals surface area contributed by atoms with E-state index in [1.54, 1.807) is 6.92 Å². The van der Waals surface area contributed by atoms with Crippen molar-refractivity contribution < 1.29 is 19.1 Å². The molecule has 0 aliphatic carbocycles. The smallest absolute Gasteiger partial charge is 0.313 e. The van der Waals surface area contributed by atoms with E-state index < -0.39 is 17.6 Å². The van der Waals surface area contributed by atoms with Gasteiger partial charge in [0, 0.05) is 18.8 Å². The van der Waals surface area contributed by atoms with Gasteiger partial charge in [-0.2, -0.15) is 0 Å². The van der Waals surface area contributed by atoms with Crippen LogP contribution in [0.4, 0.5) is 10.1 Å². The van der Waals surface area contributed by atoms with E-state index in [-0.39, 0.29) is 18.8 Å². The van der Waals surface area contributed by atoms with E-state index in [1.165, 1.54) is 23.1 Å². The molecule has 2 amide bonds. The number of benzene rings is 1. The van der Waals surface area contributed by atoms with Gasteiger partial charge in [0.05, 0.1) is 6.61 Å². The number of halogens is 1. The SMILES string of the molecule is CCN(CCO)C(=O)C(=O)Nc1cccc(F)c1. The number of rotatable bonds is 4. The minimum Gasteiger partial charge on any atom is -0.395 e. The summed E-state index contributed by atoms with van der Waals surface area (Å²) in [6.45, 7) is 1.89. The molecule has 1 aromatic rings. The van der Waals surface area contributed by atoms with Gasteiger partial charge in [-0.05, 0) is 25.1 Å². The molecule has 0 aliphatic rings. The summed E-state index contributed by atoms with van der Waals surface area (Å²) in [5, 5.41) is 11.1. The first-order valence-electron chi connectivity index (χ1n) is 5.55. The van der Waals surface area contributed by atoms with E-state index in [0.717, 1.165) is 6.07 Å². The molecule has 0 aliphatic heterocycles. The minimum absolute atomic E-state index is 0.0892. The molecule has 6 heteroatoms. The highest BCUT2D eigenvalue weighted by Crippen LogP contribution is 2.09. The number of aliphatic hydroxyl groups is 1. The first kappa shape index (κ1) is 14.1. The van der Waals surface area contributed by atoms with Crippen LogP contribution in [-0.4, -0.2) is 41.5 Å². The Labute approximate surface area is 104 Å². The lowest BCUT2D eigenvalue weighted by atomic mass is 10.3. The number of anilines is 1. The Hall–Kier alpha value is -1.95. The maximum absolute atomic E-state index is 12.9. The Morgan fingerprint density at radius 2 is 2.17 bits per heavy atom. The Kier molecular flexibility index (Phi) is 5.26. The molecule has 0 saturated carbocycles. The van der Waals surface area contributed by atoms with Gasteiger partial charge >= 0.3 is 11.8 Å². The molecule has 0 unspecified atom stereocenters. The second kappa shape index (κ2) is 6.70. The first-order valence-corrected chi connectivity index (χ1v) is 5.55. The average Bonchev–Trinajstić information content (AvgIpc) is 2.35. The second-order valence-corrected chi connectivity index (χ2v) is 3.57. The summed E-state index contributed by atoms with van der Waals surface area (Å²) in [7, 11) is 0. The molecule has 0 radical (unpaired) electrons. The number of carbonyl (C=O) groups excluding carboxylic acids is 2. The van der Waals surface area contributed by atoms with Crippen LogP contribution in [-0.2, 0) is 9.59 Å². The van der Waals surface area contributed by atoms with Crippen molar-refractivity contribution in [3.63, 3.8) is 0 Å². The fourth-order valence-corrected chi connectivity index (χ4v) is 1.42. The maximum Gasteiger partial charge on any atom is 0.313 e. The third-order valence-corrected chi connectivity index (χ3v) is 2.32. The molecular formula is C12H15FN2O3. The fraction of sp³-hybridized carbons (Fsp3) is 0.333. The van der Waals surface area contributed by atoms with Crippen molar-refractivity contribution >= 4 is 17.5 Å². The van der Waals surface area contributed by atoms with E-state index in [2.05, 4.69) is 5.32 Å². The van der Waals surface area contributed by atoms with E-state index in [1.807, 2.05) is 0 Å². The van der Waals surface area contributed by atoms with Crippen molar-refractivity contribution in [1.29, 1.82) is 0 Å². The highest BCUT2D eigenvalue weighted by atomic mass is 19.1. The molecule has 98 valence electrons. The number of likely N-dealkylation sites (N-methyl/N-ethyl adjacent to an activating group) is 1. The van der Waals surface area contributed by atoms with Crippen LogP contribution in [0.15, 0.2) is 24.3 Å². The predicted molar refractivity (Wildman–Crippen MR) is 64.4 cm³/mol. The van der Waals surface area contributed by atoms with Crippen molar-refractivity contribution in [2.75, 3.05) is 25.0 Å². The quantitative estimate of drug-likeness (QED) is 0.773. The highest BCUT2D eigenvalue weighted by Gasteiger charge is 2.20. The molecule has 0 atom stereocenters. The van der Waals surface area contributed by atoms with E-state index in [9.17, 15) is 14.0 Å². The molecule has 1 rings (SSSR count). The third-order valence-electron chi connectivity index (χ3n) is 2.32. The van der Waals surface area contributed by atoms with Crippen molar-refractivity contribution in [1.82, 2.24) is 4.90 Å². The third kappa shape index (κ3) is 3.81. The van der Waals surface area contributed by atoms with Crippen LogP contribution in [0.1, 0.15) is 6.92 Å². The zero-order chi connectivity index (χ0) is 13.5. The molecule has 0 fully saturated rings. The van der Waals surface area contributed by atoms with Gasteiger partial charge in [-0.3, -0.25) is 9.59 Å². The van der Waals surface area contributed by atoms with Crippen LogP contribution < -0.4 is 5.32 Å². The van der Waals surface area contributed by atoms with Gasteiger partial charge in [-0.15, -0.1) is 0 Å². The fourth-order valence-electron chi connectivity index (χ4n) is 1.42. The molecule has 0 spiro atoms. The van der Waals surface area contributed by atoms with Crippen molar-refractivity contribution in [3.05, 3.63) is 30.1 Å². The summed E-state index contributed by atoms with van der Waals surface area (Å²) in [5.74, 6) is -2.10. The zero-order valence-corrected chi connectivity index (χ0v) is 10.0. The van der Waals surface area contributed by atoms with Gasteiger partial charge in [0.1, 0.15) is 5.82 Å². The van der Waals surface area contributed by atoms with Gasteiger partial charge < -0.3 is 15.3 Å². The van der Waals surface area contributed by atoms with Crippen LogP contribution in [0.25, 0.3) is 0 Å². The number of hydrogen-bond acceptors (Lipinski definition) is 3. The monoisotopic (exact) mass is 254 g/mol. The molecule has 0 aromatic heterocycles. The minimum atomic E-state index is -0.851. The summed E-state index contributed by atoms with van der Waals surface area (Å²) in [5.41, 5.74) is 0.216. The Balaban J connectivity index is 2.67. The van der Waals surface area contributed by atoms with Gasteiger partial charge in [0.25, 0.3) is 0 Å². The Morgan fingerprint density at radius 3 is 2.72 bits per heavy atom. The van der Waals surface area contributed by atoms with Crippen molar-refractivity contribution in [2.24, 2.45) is 0 Å². The molecule has 1 aromatic carbocycles. The van der Waals surface area contributed by atoms with Crippen molar-refractivity contribution in [3.8, 4) is 0 Å². The summed E-state index contributed by atoms with van der Waals surface area (Å²) in [4.78, 5) is 24.5. The van der Waals surface area contributed by atoms with E-state index >= 15 is 0 Å². The standard InChI is InChI=1S/C12H15FN2O3/c1-2-15(6-7-16)12(18)11(17)14-10-5-3-4-9(13)8-10/h3-5,8,16H,2,6-7H2,1H3,(H,14,17). The average molecular weight is 254 g/mol. The van der Waals surface area contributed by atoms with Crippen LogP contribution >= 0.6 is 0 Å². The van der Waals surface area contributed by atoms with Gasteiger partial charge in [0.2, 0.25) is 0 Å². The highest BCUT2D eigenvalue weighted by molar-refractivity contribution is 6.39. The summed E-state index contributed by atoms with van der Waals surface area (Å²) >= 11 is 0. The lowest BCUT2D eigenvalue weighted by Crippen LogP contribution is -2.41. The molecule has 0 heterocycles. The van der Waals surface area contributed by atoms with Gasteiger partial charge in [-0.1, -0.05) is 6.07 Å². The molecule has 0 bridgehead atoms. The Morgan fingerprint density at radius 1 is 1.44 bits per heavy atom. The van der Waals surface area contributed by atoms with E-state index in [4.69, 9.17) is 5.11 Å². The van der Waals surface area contributed by atoms with Gasteiger partial charge in [0.15, 0.2) is 0 Å². The van der Waals surface area contributed by atoms with E-state index in [0.29, 0.717) is 6.54 Å². The normalized spacial score (nSPS) is 9.94. The van der Waals surface area contributed by atoms with Crippen molar-refractivity contribution in [2.45, 2.75) is 6.92 Å². The van der Waals surface area contributed by atoms with Gasteiger partial charge in [-0.25, -0.2) is 4.39 Å². The maximum atomic E-state index is 12.9. The number of nitrogens with zero attached hydrogens (tertiary/aromatic N) is 1. The lowest BCUT2D eigenvalue weighted by Gasteiger charge is -2.18. The number of hydrogen-bond donors (Lipinski definition) is 2. The Bertz CT molecular complexity index is 437. The summed E-state index contributed by atoms with van der Waals surface area (Å²) in [6.07, 6.45) is 0. The van der Waals surface area contributed by atoms with Crippen LogP contribution in [0.5, 0.6) is 0 Å². The first-order chi connectivity index (χ1) is 8.58. The predicted octanol–water partition coefficient (Wildman–Crippen LogP) is 0.605. The number of carbonyl (C=O) groups is 2. The summed E-state index contributed by atoms with van der Waals surface area (Å²) < 4.78 is 12.9. The molecule has 0 saturated heterocycles. The molecule has 2 N–H and O–H groups in total. The van der Waals surface area contributed by atoms with Crippen LogP contribution in [0.3, 0.4) is 0 Å². The number of nitrogens with one attached hydrogen (secondary N) is 1. The molecule has 5 nitrogen and oxygen atoms in total.